The molecular formula is C18H19N3OS. The van der Waals surface area contributed by atoms with E-state index < -0.39 is 10.8 Å². The van der Waals surface area contributed by atoms with Crippen molar-refractivity contribution in [3.05, 3.63) is 72.1 Å². The Balaban J connectivity index is 1.77. The first-order valence-corrected chi connectivity index (χ1v) is 8.97. The minimum Gasteiger partial charge on any atom is -0.379 e. The molecule has 0 spiro atoms. The van der Waals surface area contributed by atoms with Crippen molar-refractivity contribution in [1.29, 1.82) is 0 Å². The molecule has 0 bridgehead atoms. The zero-order valence-corrected chi connectivity index (χ0v) is 14.0. The lowest BCUT2D eigenvalue weighted by atomic mass is 10.2. The third-order valence-corrected chi connectivity index (χ3v) is 4.55. The summed E-state index contributed by atoms with van der Waals surface area (Å²) in [6.07, 6.45) is 3.65. The largest absolute Gasteiger partial charge is 0.379 e. The van der Waals surface area contributed by atoms with E-state index in [-0.39, 0.29) is 0 Å². The third kappa shape index (κ3) is 3.68. The van der Waals surface area contributed by atoms with Crippen LogP contribution in [0, 0.1) is 6.92 Å². The van der Waals surface area contributed by atoms with E-state index >= 15 is 0 Å². The fraction of sp³-hybridized carbons (Fsp3) is 0.167. The number of hydrogen-bond acceptors (Lipinski definition) is 3. The van der Waals surface area contributed by atoms with Crippen LogP contribution in [0.25, 0.3) is 5.69 Å². The van der Waals surface area contributed by atoms with Gasteiger partial charge in [0, 0.05) is 34.7 Å². The molecule has 0 aliphatic heterocycles. The highest BCUT2D eigenvalue weighted by Gasteiger charge is 2.05. The third-order valence-electron chi connectivity index (χ3n) is 3.61. The summed E-state index contributed by atoms with van der Waals surface area (Å²) in [5.74, 6) is 0. The normalized spacial score (nSPS) is 12.1. The van der Waals surface area contributed by atoms with Gasteiger partial charge in [0.1, 0.15) is 0 Å². The van der Waals surface area contributed by atoms with Crippen LogP contribution in [-0.2, 0) is 17.3 Å². The molecule has 0 saturated carbocycles. The van der Waals surface area contributed by atoms with Crippen molar-refractivity contribution >= 4 is 16.5 Å². The summed E-state index contributed by atoms with van der Waals surface area (Å²) in [6, 6.07) is 17.9. The number of aryl methyl sites for hydroxylation is 1. The monoisotopic (exact) mass is 325 g/mol. The van der Waals surface area contributed by atoms with E-state index in [1.165, 1.54) is 0 Å². The first-order valence-electron chi connectivity index (χ1n) is 7.41. The van der Waals surface area contributed by atoms with E-state index in [1.807, 2.05) is 72.4 Å². The Hall–Kier alpha value is -2.40. The molecule has 0 radical (unpaired) electrons. The summed E-state index contributed by atoms with van der Waals surface area (Å²) in [4.78, 5) is 0.848. The standard InChI is InChI=1S/C18H19N3OS/c1-14-11-12-21(20-14)18-6-4-3-5-17(18)19-13-15-7-9-16(10-8-15)23(2)22/h3-12,19H,13H2,1-2H3. The van der Waals surface area contributed by atoms with E-state index in [2.05, 4.69) is 10.4 Å². The lowest BCUT2D eigenvalue weighted by molar-refractivity contribution is 0.687. The van der Waals surface area contributed by atoms with Crippen molar-refractivity contribution < 1.29 is 4.21 Å². The van der Waals surface area contributed by atoms with Gasteiger partial charge < -0.3 is 5.32 Å². The Kier molecular flexibility index (Phi) is 4.57. The zero-order valence-electron chi connectivity index (χ0n) is 13.2. The molecule has 3 aromatic rings. The summed E-state index contributed by atoms with van der Waals surface area (Å²) in [5, 5.41) is 7.92. The molecule has 0 amide bonds. The van der Waals surface area contributed by atoms with E-state index in [9.17, 15) is 4.21 Å². The highest BCUT2D eigenvalue weighted by molar-refractivity contribution is 7.84. The highest BCUT2D eigenvalue weighted by atomic mass is 32.2. The number of anilines is 1. The molecule has 4 nitrogen and oxygen atoms in total. The van der Waals surface area contributed by atoms with E-state index in [4.69, 9.17) is 0 Å². The van der Waals surface area contributed by atoms with Crippen molar-refractivity contribution in [2.45, 2.75) is 18.4 Å². The average molecular weight is 325 g/mol. The zero-order chi connectivity index (χ0) is 16.2. The van der Waals surface area contributed by atoms with Gasteiger partial charge in [-0.15, -0.1) is 0 Å². The number of nitrogens with zero attached hydrogens (tertiary/aromatic N) is 2. The Morgan fingerprint density at radius 1 is 1.09 bits per heavy atom. The van der Waals surface area contributed by atoms with Crippen molar-refractivity contribution in [2.75, 3.05) is 11.6 Å². The smallest absolute Gasteiger partial charge is 0.0877 e. The molecule has 1 aromatic heterocycles. The summed E-state index contributed by atoms with van der Waals surface area (Å²) in [7, 11) is -0.935. The van der Waals surface area contributed by atoms with Gasteiger partial charge in [0.15, 0.2) is 0 Å². The van der Waals surface area contributed by atoms with Gasteiger partial charge in [-0.2, -0.15) is 5.10 Å². The molecule has 0 aliphatic rings. The van der Waals surface area contributed by atoms with E-state index in [0.29, 0.717) is 6.54 Å². The lowest BCUT2D eigenvalue weighted by Crippen LogP contribution is -2.05. The molecule has 23 heavy (non-hydrogen) atoms. The summed E-state index contributed by atoms with van der Waals surface area (Å²) in [6.45, 7) is 2.68. The minimum absolute atomic E-state index is 0.702. The molecule has 2 aromatic carbocycles. The molecule has 1 unspecified atom stereocenters. The van der Waals surface area contributed by atoms with Gasteiger partial charge in [-0.25, -0.2) is 4.68 Å². The van der Waals surface area contributed by atoms with Crippen LogP contribution in [0.2, 0.25) is 0 Å². The van der Waals surface area contributed by atoms with E-state index in [0.717, 1.165) is 27.5 Å². The first-order chi connectivity index (χ1) is 11.1. The average Bonchev–Trinajstić information content (AvgIpc) is 3.00. The van der Waals surface area contributed by atoms with Gasteiger partial charge in [0.2, 0.25) is 0 Å². The second-order valence-corrected chi connectivity index (χ2v) is 6.75. The minimum atomic E-state index is -0.935. The first kappa shape index (κ1) is 15.5. The molecule has 3 rings (SSSR count). The Bertz CT molecular complexity index is 824. The number of hydrogen-bond donors (Lipinski definition) is 1. The molecular weight excluding hydrogens is 306 g/mol. The van der Waals surface area contributed by atoms with Gasteiger partial charge in [-0.05, 0) is 42.8 Å². The Morgan fingerprint density at radius 3 is 2.48 bits per heavy atom. The van der Waals surface area contributed by atoms with Crippen LogP contribution in [0.5, 0.6) is 0 Å². The Morgan fingerprint density at radius 2 is 1.83 bits per heavy atom. The summed E-state index contributed by atoms with van der Waals surface area (Å²) in [5.41, 5.74) is 4.18. The van der Waals surface area contributed by atoms with Crippen molar-refractivity contribution in [3.8, 4) is 5.69 Å². The van der Waals surface area contributed by atoms with Gasteiger partial charge >= 0.3 is 0 Å². The maximum atomic E-state index is 11.4. The fourth-order valence-electron chi connectivity index (χ4n) is 2.37. The molecule has 5 heteroatoms. The Labute approximate surface area is 138 Å². The van der Waals surface area contributed by atoms with Gasteiger partial charge in [0.05, 0.1) is 17.1 Å². The molecule has 0 fully saturated rings. The lowest BCUT2D eigenvalue weighted by Gasteiger charge is -2.12. The van der Waals surface area contributed by atoms with Crippen LogP contribution in [0.15, 0.2) is 65.7 Å². The van der Waals surface area contributed by atoms with Crippen molar-refractivity contribution in [2.24, 2.45) is 0 Å². The van der Waals surface area contributed by atoms with Gasteiger partial charge in [-0.3, -0.25) is 4.21 Å². The molecule has 0 aliphatic carbocycles. The molecule has 1 atom stereocenters. The second-order valence-electron chi connectivity index (χ2n) is 5.37. The highest BCUT2D eigenvalue weighted by Crippen LogP contribution is 2.20. The molecule has 0 saturated heterocycles. The van der Waals surface area contributed by atoms with Crippen LogP contribution >= 0.6 is 0 Å². The molecule has 118 valence electrons. The summed E-state index contributed by atoms with van der Waals surface area (Å²) < 4.78 is 13.3. The quantitative estimate of drug-likeness (QED) is 0.780. The predicted octanol–water partition coefficient (Wildman–Crippen LogP) is 3.53. The number of benzene rings is 2. The van der Waals surface area contributed by atoms with Crippen LogP contribution < -0.4 is 5.32 Å². The molecule has 1 heterocycles. The number of aromatic nitrogens is 2. The topological polar surface area (TPSA) is 46.9 Å². The van der Waals surface area contributed by atoms with Gasteiger partial charge in [0.25, 0.3) is 0 Å². The fourth-order valence-corrected chi connectivity index (χ4v) is 2.89. The predicted molar refractivity (Wildman–Crippen MR) is 94.4 cm³/mol. The maximum absolute atomic E-state index is 11.4. The van der Waals surface area contributed by atoms with E-state index in [1.54, 1.807) is 6.26 Å². The van der Waals surface area contributed by atoms with Crippen LogP contribution in [0.4, 0.5) is 5.69 Å². The number of nitrogens with one attached hydrogen (secondary N) is 1. The SMILES string of the molecule is Cc1ccn(-c2ccccc2NCc2ccc(S(C)=O)cc2)n1. The second kappa shape index (κ2) is 6.79. The summed E-state index contributed by atoms with van der Waals surface area (Å²) >= 11 is 0. The number of rotatable bonds is 5. The van der Waals surface area contributed by atoms with Gasteiger partial charge in [-0.1, -0.05) is 24.3 Å². The van der Waals surface area contributed by atoms with Crippen molar-refractivity contribution in [1.82, 2.24) is 9.78 Å². The maximum Gasteiger partial charge on any atom is 0.0877 e. The van der Waals surface area contributed by atoms with Crippen LogP contribution in [0.3, 0.4) is 0 Å². The van der Waals surface area contributed by atoms with Crippen LogP contribution in [-0.4, -0.2) is 20.2 Å². The van der Waals surface area contributed by atoms with Crippen molar-refractivity contribution in [3.63, 3.8) is 0 Å². The number of para-hydroxylation sites is 2. The van der Waals surface area contributed by atoms with Crippen LogP contribution in [0.1, 0.15) is 11.3 Å². The molecule has 1 N–H and O–H groups in total.